The number of aliphatic hydroxyl groups is 2. The van der Waals surface area contributed by atoms with Crippen molar-refractivity contribution in [2.75, 3.05) is 13.2 Å². The zero-order valence-electron chi connectivity index (χ0n) is 8.20. The van der Waals surface area contributed by atoms with Crippen molar-refractivity contribution in [2.45, 2.75) is 13.3 Å². The third-order valence-corrected chi connectivity index (χ3v) is 2.56. The van der Waals surface area contributed by atoms with Crippen molar-refractivity contribution >= 4 is 11.6 Å². The third kappa shape index (κ3) is 2.98. The Bertz CT molecular complexity index is 278. The topological polar surface area (TPSA) is 40.5 Å². The van der Waals surface area contributed by atoms with Crippen LogP contribution < -0.4 is 0 Å². The van der Waals surface area contributed by atoms with Crippen molar-refractivity contribution < 1.29 is 10.2 Å². The Balaban J connectivity index is 2.72. The van der Waals surface area contributed by atoms with Crippen LogP contribution in [0.15, 0.2) is 24.3 Å². The SMILES string of the molecule is CC(CO)(CO)Cc1ccc(Cl)cc1. The molecule has 0 atom stereocenters. The maximum Gasteiger partial charge on any atom is 0.0509 e. The van der Waals surface area contributed by atoms with Crippen LogP contribution >= 0.6 is 11.6 Å². The molecule has 0 unspecified atom stereocenters. The van der Waals surface area contributed by atoms with E-state index in [1.165, 1.54) is 0 Å². The predicted molar refractivity (Wildman–Crippen MR) is 57.4 cm³/mol. The number of aliphatic hydroxyl groups excluding tert-OH is 2. The summed E-state index contributed by atoms with van der Waals surface area (Å²) in [4.78, 5) is 0. The van der Waals surface area contributed by atoms with Crippen molar-refractivity contribution in [3.63, 3.8) is 0 Å². The van der Waals surface area contributed by atoms with Gasteiger partial charge < -0.3 is 10.2 Å². The Morgan fingerprint density at radius 1 is 1.14 bits per heavy atom. The van der Waals surface area contributed by atoms with E-state index in [0.717, 1.165) is 5.56 Å². The van der Waals surface area contributed by atoms with E-state index in [4.69, 9.17) is 21.8 Å². The van der Waals surface area contributed by atoms with Crippen LogP contribution in [0.25, 0.3) is 0 Å². The molecule has 0 radical (unpaired) electrons. The minimum absolute atomic E-state index is 0.0217. The van der Waals surface area contributed by atoms with Gasteiger partial charge in [0.25, 0.3) is 0 Å². The van der Waals surface area contributed by atoms with Crippen LogP contribution in [-0.4, -0.2) is 23.4 Å². The first-order valence-corrected chi connectivity index (χ1v) is 4.93. The number of hydrogen-bond donors (Lipinski definition) is 2. The van der Waals surface area contributed by atoms with Gasteiger partial charge in [-0.15, -0.1) is 0 Å². The second kappa shape index (κ2) is 4.78. The van der Waals surface area contributed by atoms with Crippen LogP contribution in [0.2, 0.25) is 5.02 Å². The van der Waals surface area contributed by atoms with E-state index in [0.29, 0.717) is 11.4 Å². The molecular formula is C11H15ClO2. The second-order valence-electron chi connectivity index (χ2n) is 3.93. The van der Waals surface area contributed by atoms with Crippen LogP contribution in [-0.2, 0) is 6.42 Å². The van der Waals surface area contributed by atoms with Gasteiger partial charge in [-0.3, -0.25) is 0 Å². The predicted octanol–water partition coefficient (Wildman–Crippen LogP) is 1.87. The largest absolute Gasteiger partial charge is 0.396 e. The van der Waals surface area contributed by atoms with Crippen LogP contribution in [0.4, 0.5) is 0 Å². The van der Waals surface area contributed by atoms with E-state index in [-0.39, 0.29) is 13.2 Å². The molecule has 3 heteroatoms. The first-order valence-electron chi connectivity index (χ1n) is 4.56. The highest BCUT2D eigenvalue weighted by Crippen LogP contribution is 2.22. The molecule has 0 spiro atoms. The summed E-state index contributed by atoms with van der Waals surface area (Å²) in [5.74, 6) is 0. The van der Waals surface area contributed by atoms with Crippen LogP contribution in [0, 0.1) is 5.41 Å². The number of halogens is 1. The van der Waals surface area contributed by atoms with Crippen LogP contribution in [0.1, 0.15) is 12.5 Å². The molecule has 78 valence electrons. The fourth-order valence-electron chi connectivity index (χ4n) is 1.26. The molecule has 2 nitrogen and oxygen atoms in total. The van der Waals surface area contributed by atoms with Gasteiger partial charge in [0.1, 0.15) is 0 Å². The Hall–Kier alpha value is -0.570. The molecule has 0 bridgehead atoms. The molecule has 0 aliphatic carbocycles. The summed E-state index contributed by atoms with van der Waals surface area (Å²) < 4.78 is 0. The van der Waals surface area contributed by atoms with E-state index in [9.17, 15) is 0 Å². The fraction of sp³-hybridized carbons (Fsp3) is 0.455. The fourth-order valence-corrected chi connectivity index (χ4v) is 1.38. The zero-order chi connectivity index (χ0) is 10.6. The van der Waals surface area contributed by atoms with Gasteiger partial charge in [0.15, 0.2) is 0 Å². The minimum atomic E-state index is -0.451. The summed E-state index contributed by atoms with van der Waals surface area (Å²) in [6.45, 7) is 1.81. The first-order chi connectivity index (χ1) is 6.59. The lowest BCUT2D eigenvalue weighted by Crippen LogP contribution is -2.28. The lowest BCUT2D eigenvalue weighted by Gasteiger charge is -2.24. The molecule has 0 saturated heterocycles. The molecular weight excluding hydrogens is 200 g/mol. The molecule has 0 heterocycles. The van der Waals surface area contributed by atoms with Gasteiger partial charge in [-0.1, -0.05) is 30.7 Å². The van der Waals surface area contributed by atoms with Crippen molar-refractivity contribution in [1.82, 2.24) is 0 Å². The van der Waals surface area contributed by atoms with Crippen molar-refractivity contribution in [2.24, 2.45) is 5.41 Å². The van der Waals surface area contributed by atoms with Gasteiger partial charge in [0.2, 0.25) is 0 Å². The Labute approximate surface area is 89.1 Å². The smallest absolute Gasteiger partial charge is 0.0509 e. The maximum absolute atomic E-state index is 9.12. The van der Waals surface area contributed by atoms with E-state index in [1.807, 2.05) is 31.2 Å². The molecule has 2 N–H and O–H groups in total. The summed E-state index contributed by atoms with van der Waals surface area (Å²) in [5, 5.41) is 18.9. The number of hydrogen-bond acceptors (Lipinski definition) is 2. The standard InChI is InChI=1S/C11H15ClO2/c1-11(7-13,8-14)6-9-2-4-10(12)5-3-9/h2-5,13-14H,6-8H2,1H3. The summed E-state index contributed by atoms with van der Waals surface area (Å²) in [5.41, 5.74) is 0.619. The van der Waals surface area contributed by atoms with E-state index < -0.39 is 5.41 Å². The van der Waals surface area contributed by atoms with Gasteiger partial charge in [0.05, 0.1) is 13.2 Å². The number of benzene rings is 1. The third-order valence-electron chi connectivity index (χ3n) is 2.31. The minimum Gasteiger partial charge on any atom is -0.396 e. The number of rotatable bonds is 4. The highest BCUT2D eigenvalue weighted by atomic mass is 35.5. The normalized spacial score (nSPS) is 11.7. The average molecular weight is 215 g/mol. The van der Waals surface area contributed by atoms with Crippen LogP contribution in [0.5, 0.6) is 0 Å². The quantitative estimate of drug-likeness (QED) is 0.804. The molecule has 1 aromatic rings. The van der Waals surface area contributed by atoms with E-state index >= 15 is 0 Å². The molecule has 0 saturated carbocycles. The van der Waals surface area contributed by atoms with Gasteiger partial charge in [-0.05, 0) is 24.1 Å². The highest BCUT2D eigenvalue weighted by molar-refractivity contribution is 6.30. The molecule has 1 aromatic carbocycles. The van der Waals surface area contributed by atoms with Gasteiger partial charge in [-0.2, -0.15) is 0 Å². The molecule has 0 aromatic heterocycles. The highest BCUT2D eigenvalue weighted by Gasteiger charge is 2.22. The van der Waals surface area contributed by atoms with Crippen LogP contribution in [0.3, 0.4) is 0 Å². The average Bonchev–Trinajstić information content (AvgIpc) is 2.21. The summed E-state index contributed by atoms with van der Waals surface area (Å²) in [6, 6.07) is 7.44. The molecule has 0 fully saturated rings. The van der Waals surface area contributed by atoms with E-state index in [2.05, 4.69) is 0 Å². The van der Waals surface area contributed by atoms with Gasteiger partial charge >= 0.3 is 0 Å². The second-order valence-corrected chi connectivity index (χ2v) is 4.37. The summed E-state index contributed by atoms with van der Waals surface area (Å²) >= 11 is 5.75. The van der Waals surface area contributed by atoms with Crippen molar-refractivity contribution in [3.05, 3.63) is 34.9 Å². The Morgan fingerprint density at radius 2 is 1.64 bits per heavy atom. The van der Waals surface area contributed by atoms with Gasteiger partial charge in [0, 0.05) is 10.4 Å². The lowest BCUT2D eigenvalue weighted by molar-refractivity contribution is 0.0704. The lowest BCUT2D eigenvalue weighted by atomic mass is 9.85. The molecule has 0 aliphatic heterocycles. The molecule has 1 rings (SSSR count). The maximum atomic E-state index is 9.12. The summed E-state index contributed by atoms with van der Waals surface area (Å²) in [7, 11) is 0. The van der Waals surface area contributed by atoms with Crippen molar-refractivity contribution in [1.29, 1.82) is 0 Å². The molecule has 14 heavy (non-hydrogen) atoms. The van der Waals surface area contributed by atoms with E-state index in [1.54, 1.807) is 0 Å². The zero-order valence-corrected chi connectivity index (χ0v) is 8.96. The van der Waals surface area contributed by atoms with Crippen molar-refractivity contribution in [3.8, 4) is 0 Å². The Kier molecular flexibility index (Phi) is 3.93. The van der Waals surface area contributed by atoms with Gasteiger partial charge in [-0.25, -0.2) is 0 Å². The molecule has 0 amide bonds. The monoisotopic (exact) mass is 214 g/mol. The first kappa shape index (κ1) is 11.5. The Morgan fingerprint density at radius 3 is 2.07 bits per heavy atom. The summed E-state index contributed by atoms with van der Waals surface area (Å²) in [6.07, 6.45) is 0.650. The molecule has 0 aliphatic rings.